The molecule has 0 heteroatoms. The molecule has 0 rings (SSSR count). The Labute approximate surface area is 83.0 Å². The first-order valence-electron chi connectivity index (χ1n) is 5.20. The van der Waals surface area contributed by atoms with Crippen molar-refractivity contribution >= 4 is 0 Å². The first-order valence-corrected chi connectivity index (χ1v) is 5.20. The van der Waals surface area contributed by atoms with E-state index >= 15 is 0 Å². The minimum atomic E-state index is 1.09. The van der Waals surface area contributed by atoms with Gasteiger partial charge in [0.2, 0.25) is 0 Å². The molecule has 0 saturated heterocycles. The molecule has 0 aliphatic rings. The summed E-state index contributed by atoms with van der Waals surface area (Å²) in [5, 5.41) is 0. The normalized spacial score (nSPS) is 12.4. The van der Waals surface area contributed by atoms with Crippen molar-refractivity contribution in [3.63, 3.8) is 0 Å². The third-order valence-corrected chi connectivity index (χ3v) is 1.96. The van der Waals surface area contributed by atoms with Gasteiger partial charge in [-0.3, -0.25) is 0 Å². The molecular formula is C13H22. The molecule has 0 heterocycles. The first-order chi connectivity index (χ1) is 6.20. The quantitative estimate of drug-likeness (QED) is 0.410. The van der Waals surface area contributed by atoms with Crippen LogP contribution in [0.4, 0.5) is 0 Å². The molecular weight excluding hydrogens is 156 g/mol. The average molecular weight is 178 g/mol. The van der Waals surface area contributed by atoms with Crippen LogP contribution in [0.3, 0.4) is 0 Å². The van der Waals surface area contributed by atoms with Crippen LogP contribution in [0.2, 0.25) is 0 Å². The second-order valence-corrected chi connectivity index (χ2v) is 3.46. The number of allylic oxidation sites excluding steroid dienone is 5. The van der Waals surface area contributed by atoms with E-state index in [4.69, 9.17) is 0 Å². The van der Waals surface area contributed by atoms with Gasteiger partial charge in [0.25, 0.3) is 0 Å². The van der Waals surface area contributed by atoms with Gasteiger partial charge >= 0.3 is 0 Å². The Morgan fingerprint density at radius 2 is 2.00 bits per heavy atom. The summed E-state index contributed by atoms with van der Waals surface area (Å²) in [6.07, 6.45) is 11.4. The Morgan fingerprint density at radius 1 is 1.31 bits per heavy atom. The van der Waals surface area contributed by atoms with Crippen LogP contribution in [0.5, 0.6) is 0 Å². The zero-order valence-corrected chi connectivity index (χ0v) is 9.27. The summed E-state index contributed by atoms with van der Waals surface area (Å²) < 4.78 is 0. The largest absolute Gasteiger partial charge is 0.0961 e. The number of rotatable bonds is 6. The lowest BCUT2D eigenvalue weighted by atomic mass is 10.1. The van der Waals surface area contributed by atoms with E-state index in [-0.39, 0.29) is 0 Å². The summed E-state index contributed by atoms with van der Waals surface area (Å²) >= 11 is 0. The van der Waals surface area contributed by atoms with Crippen molar-refractivity contribution in [2.24, 2.45) is 0 Å². The molecule has 0 aromatic carbocycles. The van der Waals surface area contributed by atoms with Crippen LogP contribution in [-0.4, -0.2) is 0 Å². The predicted octanol–water partition coefficient (Wildman–Crippen LogP) is 4.65. The van der Waals surface area contributed by atoms with E-state index in [2.05, 4.69) is 38.7 Å². The van der Waals surface area contributed by atoms with Gasteiger partial charge in [-0.15, -0.1) is 0 Å². The van der Waals surface area contributed by atoms with Crippen LogP contribution in [0, 0.1) is 0 Å². The second kappa shape index (κ2) is 7.85. The molecule has 0 N–H and O–H groups in total. The van der Waals surface area contributed by atoms with Crippen molar-refractivity contribution in [3.05, 3.63) is 36.0 Å². The highest BCUT2D eigenvalue weighted by atomic mass is 14.0. The fourth-order valence-corrected chi connectivity index (χ4v) is 1.13. The predicted molar refractivity (Wildman–Crippen MR) is 61.9 cm³/mol. The van der Waals surface area contributed by atoms with E-state index in [9.17, 15) is 0 Å². The lowest BCUT2D eigenvalue weighted by Gasteiger charge is -1.99. The maximum Gasteiger partial charge on any atom is -0.0136 e. The SMILES string of the molecule is C=C(C)C=CCC(=CCCC)CC. The molecule has 0 aliphatic heterocycles. The molecule has 0 atom stereocenters. The van der Waals surface area contributed by atoms with E-state index in [0.717, 1.165) is 12.0 Å². The Bertz CT molecular complexity index is 194. The van der Waals surface area contributed by atoms with Gasteiger partial charge in [-0.05, 0) is 26.2 Å². The summed E-state index contributed by atoms with van der Waals surface area (Å²) in [5.41, 5.74) is 2.67. The molecule has 0 aliphatic carbocycles. The molecule has 0 amide bonds. The van der Waals surface area contributed by atoms with E-state index in [0.29, 0.717) is 0 Å². The van der Waals surface area contributed by atoms with Crippen LogP contribution < -0.4 is 0 Å². The van der Waals surface area contributed by atoms with Gasteiger partial charge in [0, 0.05) is 0 Å². The summed E-state index contributed by atoms with van der Waals surface area (Å²) in [6, 6.07) is 0. The van der Waals surface area contributed by atoms with Gasteiger partial charge in [0.05, 0.1) is 0 Å². The summed E-state index contributed by atoms with van der Waals surface area (Å²) in [5.74, 6) is 0. The average Bonchev–Trinajstić information content (AvgIpc) is 2.10. The summed E-state index contributed by atoms with van der Waals surface area (Å²) in [4.78, 5) is 0. The zero-order chi connectivity index (χ0) is 10.1. The molecule has 0 saturated carbocycles. The molecule has 0 bridgehead atoms. The van der Waals surface area contributed by atoms with Crippen molar-refractivity contribution in [3.8, 4) is 0 Å². The molecule has 0 aromatic rings. The zero-order valence-electron chi connectivity index (χ0n) is 9.27. The van der Waals surface area contributed by atoms with Crippen molar-refractivity contribution in [2.45, 2.75) is 46.5 Å². The molecule has 74 valence electrons. The summed E-state index contributed by atoms with van der Waals surface area (Å²) in [6.45, 7) is 10.3. The number of unbranched alkanes of at least 4 members (excludes halogenated alkanes) is 1. The van der Waals surface area contributed by atoms with Gasteiger partial charge in [-0.2, -0.15) is 0 Å². The molecule has 0 nitrogen and oxygen atoms in total. The van der Waals surface area contributed by atoms with Gasteiger partial charge in [0.1, 0.15) is 0 Å². The molecule has 0 spiro atoms. The third kappa shape index (κ3) is 7.58. The van der Waals surface area contributed by atoms with Crippen LogP contribution in [0.15, 0.2) is 36.0 Å². The monoisotopic (exact) mass is 178 g/mol. The lowest BCUT2D eigenvalue weighted by molar-refractivity contribution is 0.919. The van der Waals surface area contributed by atoms with Crippen molar-refractivity contribution in [1.29, 1.82) is 0 Å². The highest BCUT2D eigenvalue weighted by Crippen LogP contribution is 2.10. The van der Waals surface area contributed by atoms with E-state index < -0.39 is 0 Å². The van der Waals surface area contributed by atoms with Crippen molar-refractivity contribution in [2.75, 3.05) is 0 Å². The number of hydrogen-bond donors (Lipinski definition) is 0. The standard InChI is InChI=1S/C13H22/c1-5-7-10-13(6-2)11-8-9-12(3)4/h8-10H,3,5-7,11H2,1-2,4H3. The lowest BCUT2D eigenvalue weighted by Crippen LogP contribution is -1.79. The van der Waals surface area contributed by atoms with E-state index in [1.165, 1.54) is 19.3 Å². The minimum absolute atomic E-state index is 1.09. The van der Waals surface area contributed by atoms with Crippen LogP contribution in [0.25, 0.3) is 0 Å². The molecule has 0 radical (unpaired) electrons. The van der Waals surface area contributed by atoms with E-state index in [1.54, 1.807) is 5.57 Å². The Hall–Kier alpha value is -0.780. The maximum absolute atomic E-state index is 3.83. The van der Waals surface area contributed by atoms with E-state index in [1.807, 2.05) is 6.92 Å². The topological polar surface area (TPSA) is 0 Å². The van der Waals surface area contributed by atoms with Crippen LogP contribution in [-0.2, 0) is 0 Å². The van der Waals surface area contributed by atoms with Gasteiger partial charge in [-0.25, -0.2) is 0 Å². The first kappa shape index (κ1) is 12.2. The van der Waals surface area contributed by atoms with Crippen molar-refractivity contribution in [1.82, 2.24) is 0 Å². The van der Waals surface area contributed by atoms with Gasteiger partial charge in [-0.1, -0.05) is 56.2 Å². The third-order valence-electron chi connectivity index (χ3n) is 1.96. The fraction of sp³-hybridized carbons (Fsp3) is 0.538. The van der Waals surface area contributed by atoms with Crippen LogP contribution in [0.1, 0.15) is 46.5 Å². The van der Waals surface area contributed by atoms with Crippen LogP contribution >= 0.6 is 0 Å². The molecule has 0 fully saturated rings. The maximum atomic E-state index is 3.83. The number of hydrogen-bond acceptors (Lipinski definition) is 0. The smallest absolute Gasteiger partial charge is 0.0136 e. The molecule has 0 unspecified atom stereocenters. The Kier molecular flexibility index (Phi) is 7.38. The highest BCUT2D eigenvalue weighted by molar-refractivity contribution is 5.15. The van der Waals surface area contributed by atoms with Gasteiger partial charge < -0.3 is 0 Å². The minimum Gasteiger partial charge on any atom is -0.0961 e. The highest BCUT2D eigenvalue weighted by Gasteiger charge is 1.89. The summed E-state index contributed by atoms with van der Waals surface area (Å²) in [7, 11) is 0. The second-order valence-electron chi connectivity index (χ2n) is 3.46. The molecule has 0 aromatic heterocycles. The Morgan fingerprint density at radius 3 is 2.46 bits per heavy atom. The Balaban J connectivity index is 3.91. The van der Waals surface area contributed by atoms with Crippen molar-refractivity contribution < 1.29 is 0 Å². The molecule has 13 heavy (non-hydrogen) atoms. The fourth-order valence-electron chi connectivity index (χ4n) is 1.13. The van der Waals surface area contributed by atoms with Gasteiger partial charge in [0.15, 0.2) is 0 Å².